The Balaban J connectivity index is 1.60. The van der Waals surface area contributed by atoms with Crippen molar-refractivity contribution < 1.29 is 9.53 Å². The average Bonchev–Trinajstić information content (AvgIpc) is 3.18. The van der Waals surface area contributed by atoms with Gasteiger partial charge in [0.15, 0.2) is 0 Å². The van der Waals surface area contributed by atoms with Gasteiger partial charge in [-0.2, -0.15) is 5.10 Å². The van der Waals surface area contributed by atoms with E-state index in [4.69, 9.17) is 4.74 Å². The van der Waals surface area contributed by atoms with E-state index in [1.807, 2.05) is 36.6 Å². The Bertz CT molecular complexity index is 983. The number of carbonyl (C=O) groups is 1. The van der Waals surface area contributed by atoms with Crippen molar-refractivity contribution in [1.29, 1.82) is 0 Å². The summed E-state index contributed by atoms with van der Waals surface area (Å²) in [5.41, 5.74) is 2.12. The van der Waals surface area contributed by atoms with Crippen LogP contribution >= 0.6 is 11.3 Å². The molecule has 0 atom stereocenters. The van der Waals surface area contributed by atoms with Crippen LogP contribution in [0.2, 0.25) is 0 Å². The molecule has 1 aromatic carbocycles. The first-order valence-electron chi connectivity index (χ1n) is 8.38. The number of aryl methyl sites for hydroxylation is 1. The fraction of sp³-hybridized carbons (Fsp3) is 0.211. The molecule has 0 aliphatic rings. The summed E-state index contributed by atoms with van der Waals surface area (Å²) in [6.45, 7) is 2.47. The molecule has 3 rings (SSSR count). The zero-order valence-electron chi connectivity index (χ0n) is 15.1. The molecule has 7 nitrogen and oxygen atoms in total. The van der Waals surface area contributed by atoms with Crippen LogP contribution < -0.4 is 20.9 Å². The Morgan fingerprint density at radius 2 is 2.11 bits per heavy atom. The van der Waals surface area contributed by atoms with Crippen LogP contribution in [-0.4, -0.2) is 29.5 Å². The molecule has 8 heteroatoms. The molecule has 140 valence electrons. The van der Waals surface area contributed by atoms with Gasteiger partial charge in [0.05, 0.1) is 24.2 Å². The molecule has 0 fully saturated rings. The van der Waals surface area contributed by atoms with Crippen LogP contribution in [0.1, 0.15) is 5.56 Å². The van der Waals surface area contributed by atoms with E-state index in [0.717, 1.165) is 16.1 Å². The number of nitrogens with zero attached hydrogens (tertiary/aromatic N) is 2. The highest BCUT2D eigenvalue weighted by atomic mass is 32.1. The molecule has 0 aliphatic carbocycles. The number of ether oxygens (including phenoxy) is 1. The molecule has 2 N–H and O–H groups in total. The Labute approximate surface area is 160 Å². The van der Waals surface area contributed by atoms with E-state index in [1.165, 1.54) is 10.7 Å². The van der Waals surface area contributed by atoms with Gasteiger partial charge in [-0.1, -0.05) is 12.1 Å². The zero-order chi connectivity index (χ0) is 19.2. The smallest absolute Gasteiger partial charge is 0.319 e. The van der Waals surface area contributed by atoms with Crippen LogP contribution in [0.4, 0.5) is 10.5 Å². The largest absolute Gasteiger partial charge is 0.495 e. The fourth-order valence-corrected chi connectivity index (χ4v) is 3.22. The first kappa shape index (κ1) is 18.7. The van der Waals surface area contributed by atoms with Crippen LogP contribution in [0.15, 0.2) is 52.6 Å². The third-order valence-corrected chi connectivity index (χ3v) is 4.74. The lowest BCUT2D eigenvalue weighted by atomic mass is 10.2. The summed E-state index contributed by atoms with van der Waals surface area (Å²) in [6, 6.07) is 12.2. The SMILES string of the molecule is COc1ccc(C)cc1NC(=O)NCCn1nc(-c2cccs2)ccc1=O. The number of thiophene rings is 1. The maximum Gasteiger partial charge on any atom is 0.319 e. The van der Waals surface area contributed by atoms with Crippen LogP contribution in [0.3, 0.4) is 0 Å². The van der Waals surface area contributed by atoms with Crippen molar-refractivity contribution >= 4 is 23.1 Å². The quantitative estimate of drug-likeness (QED) is 0.684. The molecular formula is C19H20N4O3S. The van der Waals surface area contributed by atoms with E-state index in [2.05, 4.69) is 15.7 Å². The third-order valence-electron chi connectivity index (χ3n) is 3.85. The Hall–Kier alpha value is -3.13. The van der Waals surface area contributed by atoms with Gasteiger partial charge >= 0.3 is 6.03 Å². The van der Waals surface area contributed by atoms with Gasteiger partial charge in [-0.15, -0.1) is 11.3 Å². The molecule has 0 saturated heterocycles. The topological polar surface area (TPSA) is 85.2 Å². The zero-order valence-corrected chi connectivity index (χ0v) is 15.9. The Kier molecular flexibility index (Phi) is 5.87. The highest BCUT2D eigenvalue weighted by molar-refractivity contribution is 7.13. The summed E-state index contributed by atoms with van der Waals surface area (Å²) in [7, 11) is 1.55. The minimum atomic E-state index is -0.374. The fourth-order valence-electron chi connectivity index (χ4n) is 2.53. The number of aromatic nitrogens is 2. The minimum Gasteiger partial charge on any atom is -0.495 e. The molecule has 0 unspecified atom stereocenters. The molecule has 0 saturated carbocycles. The molecule has 0 spiro atoms. The molecule has 2 amide bonds. The van der Waals surface area contributed by atoms with Gasteiger partial charge in [0.25, 0.3) is 5.56 Å². The monoisotopic (exact) mass is 384 g/mol. The minimum absolute atomic E-state index is 0.210. The van der Waals surface area contributed by atoms with Gasteiger partial charge in [0, 0.05) is 12.6 Å². The van der Waals surface area contributed by atoms with E-state index < -0.39 is 0 Å². The molecule has 0 aliphatic heterocycles. The van der Waals surface area contributed by atoms with Gasteiger partial charge in [0.2, 0.25) is 0 Å². The number of urea groups is 1. The summed E-state index contributed by atoms with van der Waals surface area (Å²) < 4.78 is 6.59. The molecule has 2 heterocycles. The third kappa shape index (κ3) is 4.73. The van der Waals surface area contributed by atoms with E-state index in [1.54, 1.807) is 30.6 Å². The van der Waals surface area contributed by atoms with E-state index in [0.29, 0.717) is 11.4 Å². The van der Waals surface area contributed by atoms with Crippen molar-refractivity contribution in [3.63, 3.8) is 0 Å². The van der Waals surface area contributed by atoms with Crippen LogP contribution in [0.5, 0.6) is 5.75 Å². The van der Waals surface area contributed by atoms with Crippen molar-refractivity contribution in [3.05, 3.63) is 63.8 Å². The van der Waals surface area contributed by atoms with Crippen LogP contribution in [0.25, 0.3) is 10.6 Å². The van der Waals surface area contributed by atoms with Crippen molar-refractivity contribution in [1.82, 2.24) is 15.1 Å². The lowest BCUT2D eigenvalue weighted by molar-refractivity contribution is 0.251. The second-order valence-electron chi connectivity index (χ2n) is 5.84. The number of nitrogens with one attached hydrogen (secondary N) is 2. The maximum atomic E-state index is 12.1. The summed E-state index contributed by atoms with van der Waals surface area (Å²) >= 11 is 1.56. The Morgan fingerprint density at radius 1 is 1.26 bits per heavy atom. The number of rotatable bonds is 6. The van der Waals surface area contributed by atoms with Crippen molar-refractivity contribution in [2.24, 2.45) is 0 Å². The van der Waals surface area contributed by atoms with Crippen LogP contribution in [0, 0.1) is 6.92 Å². The highest BCUT2D eigenvalue weighted by Gasteiger charge is 2.08. The number of methoxy groups -OCH3 is 1. The predicted molar refractivity (Wildman–Crippen MR) is 107 cm³/mol. The summed E-state index contributed by atoms with van der Waals surface area (Å²) in [5.74, 6) is 0.581. The van der Waals surface area contributed by atoms with Gasteiger partial charge in [-0.3, -0.25) is 4.79 Å². The number of hydrogen-bond donors (Lipinski definition) is 2. The van der Waals surface area contributed by atoms with E-state index in [-0.39, 0.29) is 24.7 Å². The molecular weight excluding hydrogens is 364 g/mol. The normalized spacial score (nSPS) is 10.4. The second kappa shape index (κ2) is 8.50. The van der Waals surface area contributed by atoms with Crippen molar-refractivity contribution in [3.8, 4) is 16.3 Å². The molecule has 3 aromatic rings. The lowest BCUT2D eigenvalue weighted by Gasteiger charge is -2.12. The highest BCUT2D eigenvalue weighted by Crippen LogP contribution is 2.25. The molecule has 2 aromatic heterocycles. The summed E-state index contributed by atoms with van der Waals surface area (Å²) in [4.78, 5) is 25.1. The van der Waals surface area contributed by atoms with Gasteiger partial charge in [0.1, 0.15) is 11.4 Å². The summed E-state index contributed by atoms with van der Waals surface area (Å²) in [6.07, 6.45) is 0. The number of anilines is 1. The average molecular weight is 384 g/mol. The first-order chi connectivity index (χ1) is 13.1. The number of amides is 2. The van der Waals surface area contributed by atoms with Gasteiger partial charge in [-0.05, 0) is 42.1 Å². The van der Waals surface area contributed by atoms with E-state index >= 15 is 0 Å². The van der Waals surface area contributed by atoms with Crippen LogP contribution in [-0.2, 0) is 6.54 Å². The number of hydrogen-bond acceptors (Lipinski definition) is 5. The van der Waals surface area contributed by atoms with Gasteiger partial charge < -0.3 is 15.4 Å². The van der Waals surface area contributed by atoms with Gasteiger partial charge in [-0.25, -0.2) is 9.48 Å². The van der Waals surface area contributed by atoms with Crippen molar-refractivity contribution in [2.75, 3.05) is 19.0 Å². The molecule has 27 heavy (non-hydrogen) atoms. The first-order valence-corrected chi connectivity index (χ1v) is 9.26. The molecule has 0 bridgehead atoms. The molecule has 0 radical (unpaired) electrons. The predicted octanol–water partition coefficient (Wildman–Crippen LogP) is 3.11. The standard InChI is InChI=1S/C19H20N4O3S/c1-13-5-7-16(26-2)15(12-13)21-19(25)20-9-10-23-18(24)8-6-14(22-23)17-4-3-11-27-17/h3-8,11-12H,9-10H2,1-2H3,(H2,20,21,25). The van der Waals surface area contributed by atoms with E-state index in [9.17, 15) is 9.59 Å². The van der Waals surface area contributed by atoms with Crippen molar-refractivity contribution in [2.45, 2.75) is 13.5 Å². The second-order valence-corrected chi connectivity index (χ2v) is 6.79. The summed E-state index contributed by atoms with van der Waals surface area (Å²) in [5, 5.41) is 11.8. The lowest BCUT2D eigenvalue weighted by Crippen LogP contribution is -2.34. The maximum absolute atomic E-state index is 12.1. The number of carbonyl (C=O) groups excluding carboxylic acids is 1. The Morgan fingerprint density at radius 3 is 2.85 bits per heavy atom. The number of benzene rings is 1.